The average molecular weight is 343 g/mol. The van der Waals surface area contributed by atoms with Crippen LogP contribution in [0.4, 0.5) is 5.69 Å². The largest absolute Gasteiger partial charge is 0.395 e. The van der Waals surface area contributed by atoms with E-state index in [1.54, 1.807) is 0 Å². The van der Waals surface area contributed by atoms with Crippen LogP contribution >= 0.6 is 0 Å². The predicted octanol–water partition coefficient (Wildman–Crippen LogP) is 1.47. The van der Waals surface area contributed by atoms with Crippen molar-refractivity contribution in [2.45, 2.75) is 38.3 Å². The quantitative estimate of drug-likeness (QED) is 0.669. The molecule has 3 fully saturated rings. The van der Waals surface area contributed by atoms with Crippen molar-refractivity contribution in [1.82, 2.24) is 10.6 Å². The summed E-state index contributed by atoms with van der Waals surface area (Å²) < 4.78 is 0. The third-order valence-electron chi connectivity index (χ3n) is 6.40. The molecule has 134 valence electrons. The van der Waals surface area contributed by atoms with Crippen molar-refractivity contribution in [1.29, 1.82) is 0 Å². The fourth-order valence-electron chi connectivity index (χ4n) is 5.16. The first-order valence-corrected chi connectivity index (χ1v) is 9.06. The Morgan fingerprint density at radius 2 is 2.16 bits per heavy atom. The van der Waals surface area contributed by atoms with E-state index < -0.39 is 5.66 Å². The monoisotopic (exact) mass is 343 g/mol. The van der Waals surface area contributed by atoms with Crippen LogP contribution in [0.15, 0.2) is 24.3 Å². The molecule has 5 rings (SSSR count). The molecule has 0 saturated heterocycles. The Kier molecular flexibility index (Phi) is 3.76. The number of fused-ring (bicyclic) bond motifs is 3. The van der Waals surface area contributed by atoms with E-state index in [1.807, 2.05) is 24.3 Å². The van der Waals surface area contributed by atoms with Gasteiger partial charge in [0.25, 0.3) is 5.91 Å². The lowest BCUT2D eigenvalue weighted by atomic mass is 9.51. The Bertz CT molecular complexity index is 722. The normalized spacial score (nSPS) is 35.7. The van der Waals surface area contributed by atoms with Gasteiger partial charge in [-0.3, -0.25) is 9.59 Å². The SMILES string of the molecule is CC12CCC(CC1C(=O)NCCO)[C@]1(C2)NC(=O)c2ccccc2N1. The van der Waals surface area contributed by atoms with Crippen molar-refractivity contribution in [2.24, 2.45) is 17.3 Å². The van der Waals surface area contributed by atoms with Gasteiger partial charge in [0.1, 0.15) is 5.66 Å². The fraction of sp³-hybridized carbons (Fsp3) is 0.579. The van der Waals surface area contributed by atoms with Crippen LogP contribution in [0.5, 0.6) is 0 Å². The van der Waals surface area contributed by atoms with Crippen LogP contribution in [0.2, 0.25) is 0 Å². The van der Waals surface area contributed by atoms with Crippen LogP contribution in [0, 0.1) is 17.3 Å². The zero-order valence-corrected chi connectivity index (χ0v) is 14.5. The maximum atomic E-state index is 12.6. The molecule has 0 radical (unpaired) electrons. The number of aliphatic hydroxyl groups excluding tert-OH is 1. The summed E-state index contributed by atoms with van der Waals surface area (Å²) in [7, 11) is 0. The number of nitrogens with one attached hydrogen (secondary N) is 3. The van der Waals surface area contributed by atoms with E-state index in [1.165, 1.54) is 0 Å². The first-order valence-electron chi connectivity index (χ1n) is 9.06. The predicted molar refractivity (Wildman–Crippen MR) is 93.9 cm³/mol. The number of anilines is 1. The molecule has 2 amide bonds. The highest BCUT2D eigenvalue weighted by Crippen LogP contribution is 2.58. The highest BCUT2D eigenvalue weighted by atomic mass is 16.3. The van der Waals surface area contributed by atoms with Gasteiger partial charge in [-0.2, -0.15) is 0 Å². The molecular weight excluding hydrogens is 318 g/mol. The van der Waals surface area contributed by atoms with Gasteiger partial charge >= 0.3 is 0 Å². The first-order chi connectivity index (χ1) is 12.0. The molecule has 4 atom stereocenters. The van der Waals surface area contributed by atoms with Gasteiger partial charge in [0.15, 0.2) is 0 Å². The molecule has 6 heteroatoms. The van der Waals surface area contributed by atoms with E-state index >= 15 is 0 Å². The summed E-state index contributed by atoms with van der Waals surface area (Å²) in [4.78, 5) is 25.2. The van der Waals surface area contributed by atoms with Gasteiger partial charge in [-0.15, -0.1) is 0 Å². The van der Waals surface area contributed by atoms with Gasteiger partial charge in [0.2, 0.25) is 5.91 Å². The van der Waals surface area contributed by atoms with Gasteiger partial charge in [-0.05, 0) is 43.2 Å². The second-order valence-corrected chi connectivity index (χ2v) is 7.97. The summed E-state index contributed by atoms with van der Waals surface area (Å²) in [6, 6.07) is 7.59. The molecule has 4 N–H and O–H groups in total. The van der Waals surface area contributed by atoms with Gasteiger partial charge in [0, 0.05) is 24.1 Å². The summed E-state index contributed by atoms with van der Waals surface area (Å²) >= 11 is 0. The van der Waals surface area contributed by atoms with Gasteiger partial charge in [-0.1, -0.05) is 19.1 Å². The summed E-state index contributed by atoms with van der Waals surface area (Å²) in [5.74, 6) is 0.140. The minimum Gasteiger partial charge on any atom is -0.395 e. The molecule has 3 aliphatic carbocycles. The average Bonchev–Trinajstić information content (AvgIpc) is 2.59. The molecule has 4 aliphatic rings. The van der Waals surface area contributed by atoms with Crippen molar-refractivity contribution in [3.8, 4) is 0 Å². The van der Waals surface area contributed by atoms with Gasteiger partial charge in [-0.25, -0.2) is 0 Å². The first kappa shape index (κ1) is 16.4. The Morgan fingerprint density at radius 3 is 2.92 bits per heavy atom. The summed E-state index contributed by atoms with van der Waals surface area (Å²) in [5.41, 5.74) is 0.924. The number of benzene rings is 1. The second-order valence-electron chi connectivity index (χ2n) is 7.97. The van der Waals surface area contributed by atoms with Crippen molar-refractivity contribution in [3.63, 3.8) is 0 Å². The van der Waals surface area contributed by atoms with E-state index in [4.69, 9.17) is 5.11 Å². The van der Waals surface area contributed by atoms with E-state index in [0.29, 0.717) is 12.1 Å². The Balaban J connectivity index is 1.62. The highest BCUT2D eigenvalue weighted by molar-refractivity contribution is 6.02. The smallest absolute Gasteiger partial charge is 0.255 e. The number of carbonyl (C=O) groups excluding carboxylic acids is 2. The van der Waals surface area contributed by atoms with Crippen LogP contribution in [-0.4, -0.2) is 35.7 Å². The summed E-state index contributed by atoms with van der Waals surface area (Å²) in [5, 5.41) is 18.6. The summed E-state index contributed by atoms with van der Waals surface area (Å²) in [6.07, 6.45) is 3.47. The number of aliphatic hydroxyl groups is 1. The maximum Gasteiger partial charge on any atom is 0.255 e. The number of para-hydroxylation sites is 1. The molecule has 1 aromatic carbocycles. The van der Waals surface area contributed by atoms with E-state index in [0.717, 1.165) is 31.4 Å². The molecular formula is C19H25N3O3. The van der Waals surface area contributed by atoms with Gasteiger partial charge in [0.05, 0.1) is 12.2 Å². The third kappa shape index (κ3) is 2.51. The minimum absolute atomic E-state index is 0.0265. The molecule has 3 saturated carbocycles. The van der Waals surface area contributed by atoms with Crippen LogP contribution in [0.1, 0.15) is 43.0 Å². The lowest BCUT2D eigenvalue weighted by Crippen LogP contribution is -2.70. The van der Waals surface area contributed by atoms with E-state index in [2.05, 4.69) is 22.9 Å². The molecule has 0 aromatic heterocycles. The van der Waals surface area contributed by atoms with E-state index in [-0.39, 0.29) is 35.7 Å². The molecule has 1 aromatic rings. The minimum atomic E-state index is -0.466. The number of hydrogen-bond acceptors (Lipinski definition) is 4. The lowest BCUT2D eigenvalue weighted by Gasteiger charge is -2.60. The maximum absolute atomic E-state index is 12.6. The standard InChI is InChI=1S/C19H25N3O3/c1-18-7-6-12(10-14(18)17(25)20-8-9-23)19(11-18)21-15-5-3-2-4-13(15)16(24)22-19/h2-5,12,14,21,23H,6-11H2,1H3,(H,20,25)(H,22,24)/t12?,14?,18?,19-/m0/s1. The zero-order valence-electron chi connectivity index (χ0n) is 14.5. The zero-order chi connectivity index (χ0) is 17.7. The van der Waals surface area contributed by atoms with Crippen molar-refractivity contribution < 1.29 is 14.7 Å². The molecule has 1 heterocycles. The molecule has 2 bridgehead atoms. The van der Waals surface area contributed by atoms with E-state index in [9.17, 15) is 9.59 Å². The summed E-state index contributed by atoms with van der Waals surface area (Å²) in [6.45, 7) is 2.40. The number of hydrogen-bond donors (Lipinski definition) is 4. The number of amides is 2. The van der Waals surface area contributed by atoms with Crippen LogP contribution in [0.3, 0.4) is 0 Å². The Labute approximate surface area is 147 Å². The molecule has 1 aliphatic heterocycles. The third-order valence-corrected chi connectivity index (χ3v) is 6.40. The van der Waals surface area contributed by atoms with Crippen LogP contribution < -0.4 is 16.0 Å². The molecule has 1 spiro atoms. The highest BCUT2D eigenvalue weighted by Gasteiger charge is 2.60. The molecule has 3 unspecified atom stereocenters. The van der Waals surface area contributed by atoms with Crippen LogP contribution in [-0.2, 0) is 4.79 Å². The van der Waals surface area contributed by atoms with Gasteiger partial charge < -0.3 is 21.1 Å². The lowest BCUT2D eigenvalue weighted by molar-refractivity contribution is -0.139. The van der Waals surface area contributed by atoms with Crippen LogP contribution in [0.25, 0.3) is 0 Å². The number of rotatable bonds is 3. The Morgan fingerprint density at radius 1 is 1.36 bits per heavy atom. The van der Waals surface area contributed by atoms with Crippen molar-refractivity contribution in [3.05, 3.63) is 29.8 Å². The fourth-order valence-corrected chi connectivity index (χ4v) is 5.16. The van der Waals surface area contributed by atoms with Crippen molar-refractivity contribution >= 4 is 17.5 Å². The Hall–Kier alpha value is -2.08. The second kappa shape index (κ2) is 5.73. The molecule has 6 nitrogen and oxygen atoms in total. The molecule has 25 heavy (non-hydrogen) atoms. The number of carbonyl (C=O) groups is 2. The topological polar surface area (TPSA) is 90.5 Å². The van der Waals surface area contributed by atoms with Crippen molar-refractivity contribution in [2.75, 3.05) is 18.5 Å².